The second kappa shape index (κ2) is 4.81. The molecule has 90 valence electrons. The molecule has 2 aromatic rings. The van der Waals surface area contributed by atoms with E-state index in [1.54, 1.807) is 0 Å². The van der Waals surface area contributed by atoms with E-state index in [4.69, 9.17) is 11.6 Å². The molecule has 1 aromatic carbocycles. The molecule has 0 spiro atoms. The minimum absolute atomic E-state index is 0.592. The van der Waals surface area contributed by atoms with Crippen LogP contribution in [0.2, 0.25) is 4.34 Å². The zero-order chi connectivity index (χ0) is 12.5. The Morgan fingerprint density at radius 2 is 1.94 bits per heavy atom. The Morgan fingerprint density at radius 3 is 2.53 bits per heavy atom. The molecule has 1 aromatic heterocycles. The van der Waals surface area contributed by atoms with Gasteiger partial charge in [0.15, 0.2) is 0 Å². The van der Waals surface area contributed by atoms with Crippen LogP contribution in [-0.2, 0) is 12.0 Å². The first kappa shape index (κ1) is 12.6. The molecule has 0 saturated heterocycles. The Hall–Kier alpha value is -0.830. The second-order valence-electron chi connectivity index (χ2n) is 4.47. The summed E-state index contributed by atoms with van der Waals surface area (Å²) in [5.74, 6) is 0. The van der Waals surface area contributed by atoms with Crippen molar-refractivity contribution in [2.24, 2.45) is 0 Å². The second-order valence-corrected chi connectivity index (χ2v) is 6.27. The van der Waals surface area contributed by atoms with Gasteiger partial charge in [-0.3, -0.25) is 0 Å². The largest absolute Gasteiger partial charge is 0.385 e. The zero-order valence-corrected chi connectivity index (χ0v) is 11.5. The van der Waals surface area contributed by atoms with Gasteiger partial charge in [-0.05, 0) is 37.1 Å². The molecule has 1 nitrogen and oxygen atoms in total. The van der Waals surface area contributed by atoms with Crippen LogP contribution >= 0.6 is 22.9 Å². The summed E-state index contributed by atoms with van der Waals surface area (Å²) in [7, 11) is 0. The lowest BCUT2D eigenvalue weighted by Crippen LogP contribution is -2.24. The van der Waals surface area contributed by atoms with E-state index in [0.717, 1.165) is 20.3 Å². The van der Waals surface area contributed by atoms with E-state index in [1.165, 1.54) is 11.3 Å². The number of thiophene rings is 1. The highest BCUT2D eigenvalue weighted by Crippen LogP contribution is 2.31. The maximum atomic E-state index is 10.6. The Bertz CT molecular complexity index is 516. The van der Waals surface area contributed by atoms with Crippen LogP contribution in [0.4, 0.5) is 0 Å². The highest BCUT2D eigenvalue weighted by Gasteiger charge is 2.25. The average molecular weight is 267 g/mol. The standard InChI is InChI=1S/C14H15ClOS/c1-10-5-3-4-6-12(10)14(2,16)9-11-7-8-13(15)17-11/h3-8,16H,9H2,1-2H3. The van der Waals surface area contributed by atoms with Gasteiger partial charge >= 0.3 is 0 Å². The maximum Gasteiger partial charge on any atom is 0.0931 e. The predicted molar refractivity (Wildman–Crippen MR) is 73.8 cm³/mol. The molecule has 0 aliphatic heterocycles. The van der Waals surface area contributed by atoms with Crippen LogP contribution in [0, 0.1) is 6.92 Å². The van der Waals surface area contributed by atoms with Crippen molar-refractivity contribution in [1.29, 1.82) is 0 Å². The Labute approximate surface area is 111 Å². The zero-order valence-electron chi connectivity index (χ0n) is 9.90. The molecule has 3 heteroatoms. The molecule has 2 rings (SSSR count). The molecule has 0 saturated carbocycles. The summed E-state index contributed by atoms with van der Waals surface area (Å²) < 4.78 is 0.764. The molecule has 1 heterocycles. The molecular formula is C14H15ClOS. The van der Waals surface area contributed by atoms with Crippen molar-refractivity contribution in [3.63, 3.8) is 0 Å². The minimum atomic E-state index is -0.848. The van der Waals surface area contributed by atoms with Crippen LogP contribution in [0.5, 0.6) is 0 Å². The SMILES string of the molecule is Cc1ccccc1C(C)(O)Cc1ccc(Cl)s1. The summed E-state index contributed by atoms with van der Waals surface area (Å²) in [5.41, 5.74) is 1.24. The molecule has 0 bridgehead atoms. The van der Waals surface area contributed by atoms with Crippen molar-refractivity contribution in [2.75, 3.05) is 0 Å². The van der Waals surface area contributed by atoms with Gasteiger partial charge in [-0.2, -0.15) is 0 Å². The first-order valence-electron chi connectivity index (χ1n) is 5.52. The molecular weight excluding hydrogens is 252 g/mol. The highest BCUT2D eigenvalue weighted by molar-refractivity contribution is 7.16. The monoisotopic (exact) mass is 266 g/mol. The van der Waals surface area contributed by atoms with Crippen LogP contribution in [0.1, 0.15) is 22.9 Å². The maximum absolute atomic E-state index is 10.6. The van der Waals surface area contributed by atoms with Gasteiger partial charge in [0.2, 0.25) is 0 Å². The van der Waals surface area contributed by atoms with E-state index >= 15 is 0 Å². The number of aliphatic hydroxyl groups is 1. The number of aryl methyl sites for hydroxylation is 1. The fourth-order valence-electron chi connectivity index (χ4n) is 2.06. The molecule has 0 aliphatic carbocycles. The van der Waals surface area contributed by atoms with Crippen LogP contribution in [0.3, 0.4) is 0 Å². The Morgan fingerprint density at radius 1 is 1.24 bits per heavy atom. The molecule has 1 N–H and O–H groups in total. The average Bonchev–Trinajstić information content (AvgIpc) is 2.63. The Kier molecular flexibility index (Phi) is 3.57. The van der Waals surface area contributed by atoms with Gasteiger partial charge in [0.05, 0.1) is 9.94 Å². The number of halogens is 1. The summed E-state index contributed by atoms with van der Waals surface area (Å²) >= 11 is 7.42. The van der Waals surface area contributed by atoms with E-state index in [2.05, 4.69) is 0 Å². The number of rotatable bonds is 3. The van der Waals surface area contributed by atoms with E-state index in [-0.39, 0.29) is 0 Å². The fourth-order valence-corrected chi connectivity index (χ4v) is 3.29. The van der Waals surface area contributed by atoms with Crippen LogP contribution in [0.25, 0.3) is 0 Å². The van der Waals surface area contributed by atoms with Gasteiger partial charge in [0, 0.05) is 11.3 Å². The lowest BCUT2D eigenvalue weighted by molar-refractivity contribution is 0.0578. The lowest BCUT2D eigenvalue weighted by atomic mass is 9.89. The van der Waals surface area contributed by atoms with Gasteiger partial charge in [0.1, 0.15) is 0 Å². The number of hydrogen-bond acceptors (Lipinski definition) is 2. The van der Waals surface area contributed by atoms with Crippen LogP contribution in [0.15, 0.2) is 36.4 Å². The third-order valence-corrected chi connectivity index (χ3v) is 4.10. The van der Waals surface area contributed by atoms with Crippen molar-refractivity contribution in [1.82, 2.24) is 0 Å². The molecule has 1 unspecified atom stereocenters. The van der Waals surface area contributed by atoms with Gasteiger partial charge in [0.25, 0.3) is 0 Å². The molecule has 0 aliphatic rings. The predicted octanol–water partition coefficient (Wildman–Crippen LogP) is 4.16. The number of hydrogen-bond donors (Lipinski definition) is 1. The summed E-state index contributed by atoms with van der Waals surface area (Å²) in [6, 6.07) is 11.8. The third kappa shape index (κ3) is 2.89. The molecule has 0 fully saturated rings. The van der Waals surface area contributed by atoms with E-state index < -0.39 is 5.60 Å². The summed E-state index contributed by atoms with van der Waals surface area (Å²) in [4.78, 5) is 1.10. The number of benzene rings is 1. The molecule has 0 amide bonds. The van der Waals surface area contributed by atoms with Gasteiger partial charge < -0.3 is 5.11 Å². The van der Waals surface area contributed by atoms with Crippen molar-refractivity contribution in [2.45, 2.75) is 25.9 Å². The third-order valence-electron chi connectivity index (χ3n) is 2.87. The summed E-state index contributed by atoms with van der Waals surface area (Å²) in [6.07, 6.45) is 0.592. The van der Waals surface area contributed by atoms with Crippen LogP contribution in [-0.4, -0.2) is 5.11 Å². The summed E-state index contributed by atoms with van der Waals surface area (Å²) in [6.45, 7) is 3.87. The van der Waals surface area contributed by atoms with Crippen molar-refractivity contribution in [3.05, 3.63) is 56.7 Å². The van der Waals surface area contributed by atoms with Gasteiger partial charge in [-0.1, -0.05) is 35.9 Å². The van der Waals surface area contributed by atoms with E-state index in [1.807, 2.05) is 50.2 Å². The fraction of sp³-hybridized carbons (Fsp3) is 0.286. The Balaban J connectivity index is 2.27. The first-order chi connectivity index (χ1) is 7.99. The first-order valence-corrected chi connectivity index (χ1v) is 6.71. The molecule has 0 radical (unpaired) electrons. The minimum Gasteiger partial charge on any atom is -0.385 e. The highest BCUT2D eigenvalue weighted by atomic mass is 35.5. The van der Waals surface area contributed by atoms with Gasteiger partial charge in [-0.25, -0.2) is 0 Å². The van der Waals surface area contributed by atoms with Crippen molar-refractivity contribution < 1.29 is 5.11 Å². The lowest BCUT2D eigenvalue weighted by Gasteiger charge is -2.25. The van der Waals surface area contributed by atoms with E-state index in [9.17, 15) is 5.11 Å². The molecule has 17 heavy (non-hydrogen) atoms. The quantitative estimate of drug-likeness (QED) is 0.884. The smallest absolute Gasteiger partial charge is 0.0931 e. The van der Waals surface area contributed by atoms with Crippen molar-refractivity contribution >= 4 is 22.9 Å². The normalized spacial score (nSPS) is 14.6. The van der Waals surface area contributed by atoms with E-state index in [0.29, 0.717) is 6.42 Å². The van der Waals surface area contributed by atoms with Crippen LogP contribution < -0.4 is 0 Å². The topological polar surface area (TPSA) is 20.2 Å². The van der Waals surface area contributed by atoms with Gasteiger partial charge in [-0.15, -0.1) is 11.3 Å². The summed E-state index contributed by atoms with van der Waals surface area (Å²) in [5, 5.41) is 10.6. The van der Waals surface area contributed by atoms with Crippen molar-refractivity contribution in [3.8, 4) is 0 Å². The molecule has 1 atom stereocenters.